The fourth-order valence-electron chi connectivity index (χ4n) is 10.5. The van der Waals surface area contributed by atoms with E-state index < -0.39 is 0 Å². The molecule has 0 spiro atoms. The molecule has 13 aromatic rings. The molecule has 0 fully saturated rings. The number of hydrogen-bond acceptors (Lipinski definition) is 2. The molecule has 0 aliphatic rings. The minimum absolute atomic E-state index is 0.248. The van der Waals surface area contributed by atoms with Gasteiger partial charge in [0.1, 0.15) is 12.1 Å². The van der Waals surface area contributed by atoms with Gasteiger partial charge in [0, 0.05) is 43.1 Å². The number of rotatable bonds is 4. The Kier molecular flexibility index (Phi) is 7.39. The number of para-hydroxylation sites is 7. The van der Waals surface area contributed by atoms with Crippen LogP contribution in [-0.2, 0) is 0 Å². The van der Waals surface area contributed by atoms with Gasteiger partial charge in [-0.05, 0) is 54.6 Å². The number of nitrogens with zero attached hydrogens (tertiary/aromatic N) is 6. The third-order valence-corrected chi connectivity index (χ3v) is 13.2. The van der Waals surface area contributed by atoms with Gasteiger partial charge in [0.15, 0.2) is 0 Å². The van der Waals surface area contributed by atoms with Crippen molar-refractivity contribution in [2.45, 2.75) is 0 Å². The summed E-state index contributed by atoms with van der Waals surface area (Å²) >= 11 is 7.17. The average molecular weight is 823 g/mol. The van der Waals surface area contributed by atoms with Crippen LogP contribution < -0.4 is 0 Å². The SMILES string of the molecule is N#Cc1c(C#N)c(-n2c3ccccc3c3c(Cl)cccc32)c(-n2c3ccccc3c3ccccc32)c(-n2c3ccccc3c3ccccc32)c1-n1c2ccccc2c2ccccc21. The minimum Gasteiger partial charge on any atom is -0.306 e. The van der Waals surface area contributed by atoms with E-state index in [0.29, 0.717) is 16.4 Å². The van der Waals surface area contributed by atoms with Crippen LogP contribution in [0.5, 0.6) is 0 Å². The maximum atomic E-state index is 11.9. The summed E-state index contributed by atoms with van der Waals surface area (Å²) < 4.78 is 9.03. The Morgan fingerprint density at radius 1 is 0.286 bits per heavy atom. The number of halogens is 1. The van der Waals surface area contributed by atoms with Gasteiger partial charge in [-0.25, -0.2) is 0 Å². The van der Waals surface area contributed by atoms with E-state index in [1.165, 1.54) is 0 Å². The highest BCUT2D eigenvalue weighted by Gasteiger charge is 2.34. The Labute approximate surface area is 365 Å². The minimum atomic E-state index is 0.248. The quantitative estimate of drug-likeness (QED) is 0.177. The zero-order chi connectivity index (χ0) is 41.9. The molecule has 0 saturated carbocycles. The van der Waals surface area contributed by atoms with Crippen molar-refractivity contribution >= 4 is 98.8 Å². The van der Waals surface area contributed by atoms with Crippen molar-refractivity contribution in [3.05, 3.63) is 204 Å². The molecule has 0 amide bonds. The maximum absolute atomic E-state index is 11.9. The van der Waals surface area contributed by atoms with Gasteiger partial charge in [0.25, 0.3) is 0 Å². The molecule has 63 heavy (non-hydrogen) atoms. The summed E-state index contributed by atoms with van der Waals surface area (Å²) in [6, 6.07) is 70.0. The second-order valence-corrected chi connectivity index (χ2v) is 16.4. The lowest BCUT2D eigenvalue weighted by Crippen LogP contribution is -2.17. The topological polar surface area (TPSA) is 67.3 Å². The predicted molar refractivity (Wildman–Crippen MR) is 258 cm³/mol. The number of nitriles is 2. The van der Waals surface area contributed by atoms with E-state index in [0.717, 1.165) is 98.6 Å². The summed E-state index contributed by atoms with van der Waals surface area (Å²) in [5, 5.41) is 32.6. The molecule has 0 aliphatic heterocycles. The summed E-state index contributed by atoms with van der Waals surface area (Å²) in [6.07, 6.45) is 0. The Hall–Kier alpha value is -8.55. The number of benzene rings is 9. The van der Waals surface area contributed by atoms with Gasteiger partial charge in [-0.15, -0.1) is 0 Å². The van der Waals surface area contributed by atoms with Crippen molar-refractivity contribution in [3.63, 3.8) is 0 Å². The third-order valence-electron chi connectivity index (χ3n) is 12.9. The van der Waals surface area contributed by atoms with Crippen LogP contribution in [0.3, 0.4) is 0 Å². The van der Waals surface area contributed by atoms with Crippen molar-refractivity contribution in [2.75, 3.05) is 0 Å². The van der Waals surface area contributed by atoms with Gasteiger partial charge < -0.3 is 18.3 Å². The third kappa shape index (κ3) is 4.65. The average Bonchev–Trinajstić information content (AvgIpc) is 4.06. The summed E-state index contributed by atoms with van der Waals surface area (Å²) in [7, 11) is 0. The van der Waals surface area contributed by atoms with E-state index in [4.69, 9.17) is 11.6 Å². The van der Waals surface area contributed by atoms with Gasteiger partial charge in [-0.1, -0.05) is 145 Å². The Balaban J connectivity index is 1.42. The summed E-state index contributed by atoms with van der Waals surface area (Å²) in [5.41, 5.74) is 10.6. The number of aromatic nitrogens is 4. The van der Waals surface area contributed by atoms with Crippen molar-refractivity contribution < 1.29 is 0 Å². The van der Waals surface area contributed by atoms with Gasteiger partial charge >= 0.3 is 0 Å². The molecule has 9 aromatic carbocycles. The van der Waals surface area contributed by atoms with E-state index in [9.17, 15) is 10.5 Å². The molecule has 0 radical (unpaired) electrons. The van der Waals surface area contributed by atoms with Crippen molar-refractivity contribution in [1.29, 1.82) is 10.5 Å². The molecule has 0 atom stereocenters. The van der Waals surface area contributed by atoms with E-state index in [2.05, 4.69) is 182 Å². The molecule has 0 bridgehead atoms. The fourth-order valence-corrected chi connectivity index (χ4v) is 10.8. The molecule has 4 heterocycles. The molecule has 6 nitrogen and oxygen atoms in total. The number of hydrogen-bond donors (Lipinski definition) is 0. The molecule has 0 unspecified atom stereocenters. The smallest absolute Gasteiger partial charge is 0.103 e. The Bertz CT molecular complexity index is 4040. The molecular formula is C56H31ClN6. The van der Waals surface area contributed by atoms with Crippen LogP contribution in [0.4, 0.5) is 0 Å². The van der Waals surface area contributed by atoms with Crippen LogP contribution in [0.1, 0.15) is 11.1 Å². The molecular weight excluding hydrogens is 792 g/mol. The predicted octanol–water partition coefficient (Wildman–Crippen LogP) is 14.5. The highest BCUT2D eigenvalue weighted by Crippen LogP contribution is 2.49. The van der Waals surface area contributed by atoms with Crippen LogP contribution in [0.25, 0.3) is 110 Å². The van der Waals surface area contributed by atoms with Crippen LogP contribution >= 0.6 is 11.6 Å². The lowest BCUT2D eigenvalue weighted by molar-refractivity contribution is 1.01. The molecule has 4 aromatic heterocycles. The van der Waals surface area contributed by atoms with Crippen LogP contribution in [0, 0.1) is 22.7 Å². The van der Waals surface area contributed by atoms with E-state index in [1.54, 1.807) is 0 Å². The first-order chi connectivity index (χ1) is 31.2. The molecule has 13 rings (SSSR count). The molecule has 0 saturated heterocycles. The van der Waals surface area contributed by atoms with Crippen LogP contribution in [0.2, 0.25) is 5.02 Å². The maximum Gasteiger partial charge on any atom is 0.103 e. The van der Waals surface area contributed by atoms with Gasteiger partial charge in [-0.3, -0.25) is 0 Å². The fraction of sp³-hybridized carbons (Fsp3) is 0. The molecule has 0 aliphatic carbocycles. The normalized spacial score (nSPS) is 11.9. The first-order valence-electron chi connectivity index (χ1n) is 20.9. The Morgan fingerprint density at radius 3 is 0.873 bits per heavy atom. The van der Waals surface area contributed by atoms with Crippen LogP contribution in [-0.4, -0.2) is 18.3 Å². The van der Waals surface area contributed by atoms with Crippen molar-refractivity contribution in [2.24, 2.45) is 0 Å². The van der Waals surface area contributed by atoms with Gasteiger partial charge in [0.05, 0.1) is 83.0 Å². The van der Waals surface area contributed by atoms with Crippen molar-refractivity contribution in [1.82, 2.24) is 18.3 Å². The zero-order valence-electron chi connectivity index (χ0n) is 33.5. The lowest BCUT2D eigenvalue weighted by atomic mass is 9.98. The first-order valence-corrected chi connectivity index (χ1v) is 21.2. The first kappa shape index (κ1) is 35.2. The van der Waals surface area contributed by atoms with Crippen molar-refractivity contribution in [3.8, 4) is 34.9 Å². The summed E-state index contributed by atoms with van der Waals surface area (Å²) in [4.78, 5) is 0. The lowest BCUT2D eigenvalue weighted by Gasteiger charge is -2.27. The second-order valence-electron chi connectivity index (χ2n) is 16.0. The highest BCUT2D eigenvalue weighted by molar-refractivity contribution is 6.38. The summed E-state index contributed by atoms with van der Waals surface area (Å²) in [6.45, 7) is 0. The van der Waals surface area contributed by atoms with Gasteiger partial charge in [0.2, 0.25) is 0 Å². The standard InChI is InChI=1S/C56H31ClN6/c57-43-23-15-31-51-52(43)40-22-7-14-30-50(40)63(51)54-42(33-59)41(32-58)53(60-44-24-8-1-16-34(44)35-17-2-9-25-45(35)60)55(61-46-26-10-3-18-36(46)37-19-4-11-27-47(37)61)56(54)62-48-28-12-5-20-38(48)39-21-6-13-29-49(39)62/h1-31H. The highest BCUT2D eigenvalue weighted by atomic mass is 35.5. The van der Waals surface area contributed by atoms with E-state index in [1.807, 2.05) is 36.4 Å². The largest absolute Gasteiger partial charge is 0.306 e. The Morgan fingerprint density at radius 2 is 0.540 bits per heavy atom. The molecule has 0 N–H and O–H groups in total. The van der Waals surface area contributed by atoms with E-state index >= 15 is 0 Å². The molecule has 292 valence electrons. The zero-order valence-corrected chi connectivity index (χ0v) is 34.2. The number of fused-ring (bicyclic) bond motifs is 12. The second kappa shape index (κ2) is 13.2. The van der Waals surface area contributed by atoms with E-state index in [-0.39, 0.29) is 11.1 Å². The molecule has 7 heteroatoms. The van der Waals surface area contributed by atoms with Gasteiger partial charge in [-0.2, -0.15) is 10.5 Å². The summed E-state index contributed by atoms with van der Waals surface area (Å²) in [5.74, 6) is 0. The monoisotopic (exact) mass is 822 g/mol. The van der Waals surface area contributed by atoms with Crippen LogP contribution in [0.15, 0.2) is 188 Å².